The zero-order valence-corrected chi connectivity index (χ0v) is 24.6. The van der Waals surface area contributed by atoms with Crippen LogP contribution in [0.3, 0.4) is 0 Å². The molecule has 1 atom stereocenters. The first-order valence-corrected chi connectivity index (χ1v) is 14.4. The Labute approximate surface area is 247 Å². The van der Waals surface area contributed by atoms with Gasteiger partial charge in [0, 0.05) is 43.9 Å². The summed E-state index contributed by atoms with van der Waals surface area (Å²) in [7, 11) is 2.97. The molecule has 2 aromatic rings. The van der Waals surface area contributed by atoms with E-state index in [-0.39, 0.29) is 12.0 Å². The van der Waals surface area contributed by atoms with Gasteiger partial charge in [0.1, 0.15) is 11.5 Å². The number of benzene rings is 2. The lowest BCUT2D eigenvalue weighted by Gasteiger charge is -2.29. The Kier molecular flexibility index (Phi) is 9.93. The normalized spacial score (nSPS) is 20.2. The molecule has 42 heavy (non-hydrogen) atoms. The first-order valence-electron chi connectivity index (χ1n) is 14.4. The van der Waals surface area contributed by atoms with E-state index in [9.17, 15) is 24.6 Å². The van der Waals surface area contributed by atoms with E-state index in [1.54, 1.807) is 24.3 Å². The van der Waals surface area contributed by atoms with Gasteiger partial charge < -0.3 is 29.5 Å². The van der Waals surface area contributed by atoms with Crippen LogP contribution >= 0.6 is 0 Å². The van der Waals surface area contributed by atoms with Crippen LogP contribution in [0.5, 0.6) is 11.5 Å². The smallest absolute Gasteiger partial charge is 0.331 e. The van der Waals surface area contributed by atoms with Crippen molar-refractivity contribution in [2.75, 3.05) is 38.8 Å². The molecule has 5 rings (SSSR count). The molecule has 9 nitrogen and oxygen atoms in total. The van der Waals surface area contributed by atoms with Crippen LogP contribution in [0, 0.1) is 5.41 Å². The van der Waals surface area contributed by atoms with Gasteiger partial charge in [-0.25, -0.2) is 4.79 Å². The summed E-state index contributed by atoms with van der Waals surface area (Å²) in [6, 6.07) is 13.9. The number of anilines is 1. The van der Waals surface area contributed by atoms with Gasteiger partial charge in [0.05, 0.1) is 25.2 Å². The van der Waals surface area contributed by atoms with E-state index < -0.39 is 17.4 Å². The highest BCUT2D eigenvalue weighted by Gasteiger charge is 2.37. The summed E-state index contributed by atoms with van der Waals surface area (Å²) in [5.74, 6) is -0.964. The van der Waals surface area contributed by atoms with Crippen LogP contribution in [0.2, 0.25) is 0 Å². The molecule has 1 amide bonds. The molecule has 224 valence electrons. The van der Waals surface area contributed by atoms with Gasteiger partial charge in [-0.2, -0.15) is 0 Å². The summed E-state index contributed by atoms with van der Waals surface area (Å²) < 4.78 is 10.6. The van der Waals surface area contributed by atoms with Crippen LogP contribution in [0.15, 0.2) is 60.2 Å². The number of carbonyl (C=O) groups is 3. The van der Waals surface area contributed by atoms with Crippen molar-refractivity contribution >= 4 is 29.1 Å². The molecule has 0 radical (unpaired) electrons. The van der Waals surface area contributed by atoms with Crippen LogP contribution in [0.25, 0.3) is 5.57 Å². The Bertz CT molecular complexity index is 1350. The first kappa shape index (κ1) is 30.7. The maximum atomic E-state index is 11.7. The number of carboxylic acids is 2. The van der Waals surface area contributed by atoms with Gasteiger partial charge in [0.15, 0.2) is 0 Å². The van der Waals surface area contributed by atoms with Crippen molar-refractivity contribution in [1.82, 2.24) is 4.90 Å². The monoisotopic (exact) mass is 576 g/mol. The van der Waals surface area contributed by atoms with Crippen molar-refractivity contribution in [2.45, 2.75) is 52.0 Å². The highest BCUT2D eigenvalue weighted by Crippen LogP contribution is 2.43. The molecule has 2 heterocycles. The number of carbonyl (C=O) groups excluding carboxylic acids is 1. The predicted octanol–water partition coefficient (Wildman–Crippen LogP) is 5.39. The fourth-order valence-corrected chi connectivity index (χ4v) is 5.72. The SMILES string of the molecule is COc1cccc(OC)c1C1=CC(C)(C(=O)O)CC(C(=O)O)=C1.O=C1CCCN1Cc1cccc(N2CCCCC2)c1. The standard InChI is InChI=1S/C17H18O6.C16H22N2O/c1-17(16(20)21)8-10(7-11(9-17)15(18)19)14-12(22-2)5-4-6-13(14)23-3;19-16-8-5-11-18(16)13-14-6-4-7-15(12-14)17-9-2-1-3-10-17/h4-8H,9H2,1-3H3,(H,18,19)(H,20,21);4,6-7,12H,1-3,5,8-11,13H2. The fourth-order valence-electron chi connectivity index (χ4n) is 5.72. The number of hydrogen-bond acceptors (Lipinski definition) is 6. The largest absolute Gasteiger partial charge is 0.496 e. The van der Waals surface area contributed by atoms with Gasteiger partial charge in [0.25, 0.3) is 0 Å². The van der Waals surface area contributed by atoms with Gasteiger partial charge >= 0.3 is 11.9 Å². The summed E-state index contributed by atoms with van der Waals surface area (Å²) in [6.45, 7) is 5.54. The summed E-state index contributed by atoms with van der Waals surface area (Å²) >= 11 is 0. The van der Waals surface area contributed by atoms with Gasteiger partial charge in [-0.3, -0.25) is 9.59 Å². The number of nitrogens with zero attached hydrogens (tertiary/aromatic N) is 2. The number of likely N-dealkylation sites (tertiary alicyclic amines) is 1. The maximum Gasteiger partial charge on any atom is 0.331 e. The average Bonchev–Trinajstić information content (AvgIpc) is 3.40. The van der Waals surface area contributed by atoms with Gasteiger partial charge in [-0.15, -0.1) is 0 Å². The highest BCUT2D eigenvalue weighted by molar-refractivity contribution is 5.97. The van der Waals surface area contributed by atoms with E-state index in [4.69, 9.17) is 9.47 Å². The molecule has 2 aliphatic heterocycles. The number of amides is 1. The van der Waals surface area contributed by atoms with Crippen LogP contribution in [0.4, 0.5) is 5.69 Å². The van der Waals surface area contributed by atoms with Crippen LogP contribution in [-0.4, -0.2) is 66.8 Å². The molecule has 0 aromatic heterocycles. The Morgan fingerprint density at radius 1 is 0.929 bits per heavy atom. The molecule has 2 fully saturated rings. The second-order valence-corrected chi connectivity index (χ2v) is 11.1. The minimum atomic E-state index is -1.32. The van der Waals surface area contributed by atoms with Crippen molar-refractivity contribution in [3.63, 3.8) is 0 Å². The topological polar surface area (TPSA) is 117 Å². The predicted molar refractivity (Wildman–Crippen MR) is 161 cm³/mol. The van der Waals surface area contributed by atoms with Crippen molar-refractivity contribution in [2.24, 2.45) is 5.41 Å². The number of piperidine rings is 1. The molecule has 0 saturated carbocycles. The van der Waals surface area contributed by atoms with E-state index >= 15 is 0 Å². The second kappa shape index (κ2) is 13.6. The van der Waals surface area contributed by atoms with Gasteiger partial charge in [-0.1, -0.05) is 24.3 Å². The Balaban J connectivity index is 0.000000196. The number of ether oxygens (including phenoxy) is 2. The number of aliphatic carboxylic acids is 2. The molecule has 1 aliphatic carbocycles. The quantitative estimate of drug-likeness (QED) is 0.430. The summed E-state index contributed by atoms with van der Waals surface area (Å²) in [6.07, 6.45) is 8.63. The third kappa shape index (κ3) is 7.13. The van der Waals surface area contributed by atoms with E-state index in [1.807, 2.05) is 4.90 Å². The average molecular weight is 577 g/mol. The molecule has 0 spiro atoms. The van der Waals surface area contributed by atoms with Crippen LogP contribution < -0.4 is 14.4 Å². The zero-order chi connectivity index (χ0) is 30.3. The molecular weight excluding hydrogens is 536 g/mol. The van der Waals surface area contributed by atoms with Crippen molar-refractivity contribution < 1.29 is 34.1 Å². The summed E-state index contributed by atoms with van der Waals surface area (Å²) in [5, 5.41) is 18.8. The number of rotatable bonds is 8. The van der Waals surface area contributed by atoms with Crippen molar-refractivity contribution in [3.05, 3.63) is 71.3 Å². The van der Waals surface area contributed by atoms with E-state index in [0.717, 1.165) is 25.9 Å². The van der Waals surface area contributed by atoms with Crippen LogP contribution in [0.1, 0.15) is 56.6 Å². The Morgan fingerprint density at radius 2 is 1.60 bits per heavy atom. The first-order chi connectivity index (χ1) is 20.1. The van der Waals surface area contributed by atoms with Gasteiger partial charge in [0.2, 0.25) is 5.91 Å². The second-order valence-electron chi connectivity index (χ2n) is 11.1. The summed E-state index contributed by atoms with van der Waals surface area (Å²) in [5.41, 5.74) is 2.28. The number of carboxylic acid groups (broad SMARTS) is 2. The Hall–Kier alpha value is -4.27. The number of methoxy groups -OCH3 is 2. The molecule has 3 aliphatic rings. The van der Waals surface area contributed by atoms with Crippen molar-refractivity contribution in [3.8, 4) is 11.5 Å². The van der Waals surface area contributed by atoms with E-state index in [0.29, 0.717) is 28.5 Å². The molecule has 2 saturated heterocycles. The zero-order valence-electron chi connectivity index (χ0n) is 24.6. The third-order valence-corrected chi connectivity index (χ3v) is 8.02. The minimum Gasteiger partial charge on any atom is -0.496 e. The Morgan fingerprint density at radius 3 is 2.17 bits per heavy atom. The maximum absolute atomic E-state index is 11.7. The molecule has 1 unspecified atom stereocenters. The molecule has 2 aromatic carbocycles. The minimum absolute atomic E-state index is 0.0281. The van der Waals surface area contributed by atoms with E-state index in [1.165, 1.54) is 70.8 Å². The number of allylic oxidation sites excluding steroid dienone is 2. The highest BCUT2D eigenvalue weighted by atomic mass is 16.5. The lowest BCUT2D eigenvalue weighted by molar-refractivity contribution is -0.145. The van der Waals surface area contributed by atoms with Crippen molar-refractivity contribution in [1.29, 1.82) is 0 Å². The third-order valence-electron chi connectivity index (χ3n) is 8.02. The number of hydrogen-bond donors (Lipinski definition) is 2. The van der Waals surface area contributed by atoms with Crippen LogP contribution in [-0.2, 0) is 20.9 Å². The summed E-state index contributed by atoms with van der Waals surface area (Å²) in [4.78, 5) is 39.1. The molecular formula is C33H40N2O7. The molecule has 0 bridgehead atoms. The lowest BCUT2D eigenvalue weighted by Crippen LogP contribution is -2.29. The lowest BCUT2D eigenvalue weighted by atomic mass is 9.76. The molecule has 9 heteroatoms. The molecule has 2 N–H and O–H groups in total. The van der Waals surface area contributed by atoms with E-state index in [2.05, 4.69) is 29.2 Å². The fraction of sp³-hybridized carbons (Fsp3) is 0.424. The van der Waals surface area contributed by atoms with Gasteiger partial charge in [-0.05, 0) is 80.5 Å².